The van der Waals surface area contributed by atoms with Gasteiger partial charge in [-0.2, -0.15) is 0 Å². The Bertz CT molecular complexity index is 1200. The van der Waals surface area contributed by atoms with Crippen LogP contribution in [0.4, 0.5) is 8.78 Å². The number of nitrogens with zero attached hydrogens (tertiary/aromatic N) is 1. The molecule has 2 fully saturated rings. The van der Waals surface area contributed by atoms with Crippen LogP contribution in [-0.4, -0.2) is 63.8 Å². The van der Waals surface area contributed by atoms with E-state index in [9.17, 15) is 12.8 Å². The van der Waals surface area contributed by atoms with Gasteiger partial charge in [0.1, 0.15) is 15.7 Å². The molecule has 2 aromatic rings. The molecule has 202 valence electrons. The highest BCUT2D eigenvalue weighted by Crippen LogP contribution is 2.52. The predicted molar refractivity (Wildman–Crippen MR) is 140 cm³/mol. The monoisotopic (exact) mass is 553 g/mol. The molecule has 0 N–H and O–H groups in total. The number of ether oxygens (including phenoxy) is 2. The highest BCUT2D eigenvalue weighted by Gasteiger charge is 2.53. The highest BCUT2D eigenvalue weighted by molar-refractivity contribution is 7.91. The van der Waals surface area contributed by atoms with Gasteiger partial charge in [0.15, 0.2) is 11.6 Å². The molecule has 0 unspecified atom stereocenters. The zero-order valence-corrected chi connectivity index (χ0v) is 22.5. The minimum absolute atomic E-state index is 0.00365. The normalized spacial score (nSPS) is 25.9. The predicted octanol–water partition coefficient (Wildman–Crippen LogP) is 5.19. The molecule has 3 aliphatic heterocycles. The lowest BCUT2D eigenvalue weighted by molar-refractivity contribution is -0.0963. The van der Waals surface area contributed by atoms with E-state index in [0.29, 0.717) is 37.3 Å². The Labute approximate surface area is 223 Å². The number of fused-ring (bicyclic) bond motifs is 3. The van der Waals surface area contributed by atoms with E-state index in [2.05, 4.69) is 4.90 Å². The zero-order valence-electron chi connectivity index (χ0n) is 20.9. The van der Waals surface area contributed by atoms with Crippen molar-refractivity contribution in [1.82, 2.24) is 4.90 Å². The Morgan fingerprint density at radius 2 is 1.76 bits per heavy atom. The summed E-state index contributed by atoms with van der Waals surface area (Å²) in [5.74, 6) is -1.31. The number of hydrogen-bond acceptors (Lipinski definition) is 5. The van der Waals surface area contributed by atoms with Crippen LogP contribution in [0.5, 0.6) is 5.75 Å². The van der Waals surface area contributed by atoms with Crippen LogP contribution in [0.3, 0.4) is 0 Å². The summed E-state index contributed by atoms with van der Waals surface area (Å²) in [5.41, 5.74) is 0.400. The molecule has 5 rings (SSSR count). The number of halogens is 3. The second kappa shape index (κ2) is 11.2. The van der Waals surface area contributed by atoms with Crippen molar-refractivity contribution < 1.29 is 26.7 Å². The van der Waals surface area contributed by atoms with Crippen molar-refractivity contribution in [2.75, 3.05) is 44.4 Å². The van der Waals surface area contributed by atoms with Gasteiger partial charge in [-0.05, 0) is 88.0 Å². The molecule has 9 heteroatoms. The Morgan fingerprint density at radius 1 is 1.03 bits per heavy atom. The summed E-state index contributed by atoms with van der Waals surface area (Å²) in [6, 6.07) is 9.62. The maximum Gasteiger partial charge on any atom is 0.165 e. The van der Waals surface area contributed by atoms with Gasteiger partial charge in [-0.3, -0.25) is 0 Å². The van der Waals surface area contributed by atoms with Gasteiger partial charge >= 0.3 is 0 Å². The first-order chi connectivity index (χ1) is 17.8. The van der Waals surface area contributed by atoms with Gasteiger partial charge in [0.05, 0.1) is 24.2 Å². The van der Waals surface area contributed by atoms with Gasteiger partial charge in [-0.1, -0.05) is 23.7 Å². The summed E-state index contributed by atoms with van der Waals surface area (Å²) in [5, 5.41) is 0.599. The van der Waals surface area contributed by atoms with Crippen LogP contribution in [0, 0.1) is 17.6 Å². The first-order valence-corrected chi connectivity index (χ1v) is 15.4. The van der Waals surface area contributed by atoms with E-state index < -0.39 is 33.0 Å². The number of sulfone groups is 1. The van der Waals surface area contributed by atoms with E-state index in [-0.39, 0.29) is 35.3 Å². The van der Waals surface area contributed by atoms with Crippen molar-refractivity contribution in [3.8, 4) is 5.75 Å². The molecule has 0 aromatic heterocycles. The van der Waals surface area contributed by atoms with E-state index in [1.807, 2.05) is 12.1 Å². The minimum atomic E-state index is -3.27. The molecular formula is C28H34ClF2NO4S. The van der Waals surface area contributed by atoms with Gasteiger partial charge in [0.2, 0.25) is 0 Å². The summed E-state index contributed by atoms with van der Waals surface area (Å²) in [6.07, 6.45) is 3.78. The first-order valence-electron chi connectivity index (χ1n) is 13.2. The van der Waals surface area contributed by atoms with Gasteiger partial charge in [0, 0.05) is 28.5 Å². The topological polar surface area (TPSA) is 55.8 Å². The molecule has 0 bridgehead atoms. The van der Waals surface area contributed by atoms with E-state index in [4.69, 9.17) is 21.1 Å². The van der Waals surface area contributed by atoms with E-state index in [0.717, 1.165) is 37.3 Å². The summed E-state index contributed by atoms with van der Waals surface area (Å²) in [4.78, 5) is 2.31. The first kappa shape index (κ1) is 26.9. The third kappa shape index (κ3) is 5.82. The SMILES string of the molecule is O=S(=O)(CCCN1CCCC1)CC[C@@H]1OCC[C@@]2(Cc3ccc(Cl)cc3)c3c(F)ccc(F)c3OC[C@@H]12. The van der Waals surface area contributed by atoms with Crippen molar-refractivity contribution >= 4 is 21.4 Å². The van der Waals surface area contributed by atoms with Crippen LogP contribution in [0.2, 0.25) is 5.02 Å². The molecule has 2 saturated heterocycles. The summed E-state index contributed by atoms with van der Waals surface area (Å²) in [7, 11) is -3.27. The van der Waals surface area contributed by atoms with Crippen LogP contribution in [0.25, 0.3) is 0 Å². The largest absolute Gasteiger partial charge is 0.490 e. The summed E-state index contributed by atoms with van der Waals surface area (Å²) in [6.45, 7) is 3.37. The second-order valence-corrected chi connectivity index (χ2v) is 13.4. The maximum atomic E-state index is 15.4. The number of hydrogen-bond donors (Lipinski definition) is 0. The smallest absolute Gasteiger partial charge is 0.165 e. The molecule has 3 aliphatic rings. The molecule has 0 saturated carbocycles. The second-order valence-electron chi connectivity index (χ2n) is 10.6. The van der Waals surface area contributed by atoms with Crippen molar-refractivity contribution in [3.63, 3.8) is 0 Å². The fraction of sp³-hybridized carbons (Fsp3) is 0.571. The molecule has 0 spiro atoms. The van der Waals surface area contributed by atoms with Crippen molar-refractivity contribution in [1.29, 1.82) is 0 Å². The fourth-order valence-electron chi connectivity index (χ4n) is 6.41. The molecule has 5 nitrogen and oxygen atoms in total. The van der Waals surface area contributed by atoms with Gasteiger partial charge in [-0.15, -0.1) is 0 Å². The molecule has 2 aromatic carbocycles. The van der Waals surface area contributed by atoms with E-state index >= 15 is 4.39 Å². The molecule has 0 amide bonds. The Balaban J connectivity index is 1.37. The van der Waals surface area contributed by atoms with Crippen molar-refractivity contribution in [3.05, 3.63) is 64.2 Å². The lowest BCUT2D eigenvalue weighted by Gasteiger charge is -2.51. The molecule has 3 heterocycles. The zero-order chi connectivity index (χ0) is 26.0. The van der Waals surface area contributed by atoms with E-state index in [1.54, 1.807) is 12.1 Å². The third-order valence-corrected chi connectivity index (χ3v) is 10.3. The standard InChI is InChI=1S/C28H34ClF2NO4S/c29-21-6-4-20(5-7-21)18-28-11-15-35-25(10-17-37(33,34)16-3-14-32-12-1-2-13-32)22(28)19-36-27-24(31)9-8-23(30)26(27)28/h4-9,22,25H,1-3,10-19H2/t22-,25-,28-/m0/s1. The molecule has 3 atom stereocenters. The quantitative estimate of drug-likeness (QED) is 0.428. The minimum Gasteiger partial charge on any atom is -0.490 e. The van der Waals surface area contributed by atoms with Gasteiger partial charge in [-0.25, -0.2) is 17.2 Å². The van der Waals surface area contributed by atoms with Crippen molar-refractivity contribution in [2.45, 2.75) is 50.0 Å². The maximum absolute atomic E-state index is 15.4. The number of likely N-dealkylation sites (tertiary alicyclic amines) is 1. The summed E-state index contributed by atoms with van der Waals surface area (Å²) >= 11 is 6.09. The van der Waals surface area contributed by atoms with Crippen molar-refractivity contribution in [2.24, 2.45) is 5.92 Å². The molecule has 37 heavy (non-hydrogen) atoms. The van der Waals surface area contributed by atoms with Crippen LogP contribution < -0.4 is 4.74 Å². The Kier molecular flexibility index (Phi) is 8.10. The molecular weight excluding hydrogens is 520 g/mol. The lowest BCUT2D eigenvalue weighted by atomic mass is 9.60. The summed E-state index contributed by atoms with van der Waals surface area (Å²) < 4.78 is 67.8. The van der Waals surface area contributed by atoms with E-state index in [1.165, 1.54) is 12.8 Å². The Hall–Kier alpha value is -1.74. The van der Waals surface area contributed by atoms with Gasteiger partial charge in [0.25, 0.3) is 0 Å². The van der Waals surface area contributed by atoms with Crippen LogP contribution in [0.15, 0.2) is 36.4 Å². The number of rotatable bonds is 9. The average Bonchev–Trinajstić information content (AvgIpc) is 3.39. The Morgan fingerprint density at radius 3 is 2.51 bits per heavy atom. The fourth-order valence-corrected chi connectivity index (χ4v) is 7.90. The third-order valence-electron chi connectivity index (χ3n) is 8.28. The molecule has 0 aliphatic carbocycles. The van der Waals surface area contributed by atoms with Gasteiger partial charge < -0.3 is 14.4 Å². The highest BCUT2D eigenvalue weighted by atomic mass is 35.5. The van der Waals surface area contributed by atoms with Crippen LogP contribution in [0.1, 0.15) is 43.2 Å². The van der Waals surface area contributed by atoms with Crippen LogP contribution >= 0.6 is 11.6 Å². The average molecular weight is 554 g/mol. The number of benzene rings is 2. The lowest BCUT2D eigenvalue weighted by Crippen LogP contribution is -2.55. The van der Waals surface area contributed by atoms with Crippen LogP contribution in [-0.2, 0) is 26.4 Å². The molecule has 0 radical (unpaired) electrons.